The molecule has 26 heavy (non-hydrogen) atoms. The van der Waals surface area contributed by atoms with E-state index in [9.17, 15) is 9.00 Å². The second-order valence-corrected chi connectivity index (χ2v) is 7.44. The van der Waals surface area contributed by atoms with Gasteiger partial charge in [-0.1, -0.05) is 42.0 Å². The fourth-order valence-corrected chi connectivity index (χ4v) is 3.37. The Labute approximate surface area is 163 Å². The first-order chi connectivity index (χ1) is 12.0. The minimum Gasteiger partial charge on any atom is -0.384 e. The van der Waals surface area contributed by atoms with Crippen LogP contribution in [0.15, 0.2) is 48.5 Å². The van der Waals surface area contributed by atoms with Crippen LogP contribution in [0.1, 0.15) is 22.7 Å². The smallest absolute Gasteiger partial charge is 0.245 e. The number of anilines is 1. The summed E-state index contributed by atoms with van der Waals surface area (Å²) in [4.78, 5) is 12.4. The molecule has 2 rings (SSSR count). The number of nitrogens with one attached hydrogen (secondary N) is 1. The molecule has 0 radical (unpaired) electrons. The van der Waals surface area contributed by atoms with Crippen LogP contribution >= 0.6 is 12.4 Å². The molecule has 0 bridgehead atoms. The molecule has 2 atom stereocenters. The second-order valence-electron chi connectivity index (χ2n) is 5.86. The van der Waals surface area contributed by atoms with Crippen molar-refractivity contribution in [1.29, 1.82) is 0 Å². The van der Waals surface area contributed by atoms with E-state index in [0.717, 1.165) is 16.7 Å². The van der Waals surface area contributed by atoms with Gasteiger partial charge in [-0.25, -0.2) is 0 Å². The first-order valence-electron chi connectivity index (χ1n) is 8.05. The summed E-state index contributed by atoms with van der Waals surface area (Å²) in [5.41, 5.74) is 9.46. The molecule has 0 spiro atoms. The van der Waals surface area contributed by atoms with Gasteiger partial charge in [0.15, 0.2) is 0 Å². The van der Waals surface area contributed by atoms with Gasteiger partial charge in [0.25, 0.3) is 0 Å². The van der Waals surface area contributed by atoms with Crippen LogP contribution in [0.25, 0.3) is 0 Å². The quantitative estimate of drug-likeness (QED) is 0.718. The molecule has 3 N–H and O–H groups in total. The van der Waals surface area contributed by atoms with E-state index in [0.29, 0.717) is 23.8 Å². The zero-order valence-corrected chi connectivity index (χ0v) is 16.6. The number of halogens is 1. The lowest BCUT2D eigenvalue weighted by atomic mass is 10.1. The number of carbonyl (C=O) groups excluding carboxylic acids is 1. The Morgan fingerprint density at radius 3 is 2.58 bits per heavy atom. The van der Waals surface area contributed by atoms with Gasteiger partial charge in [-0.2, -0.15) is 0 Å². The molecular formula is C19H25ClN2O3S. The third-order valence-corrected chi connectivity index (χ3v) is 5.03. The summed E-state index contributed by atoms with van der Waals surface area (Å²) in [6.07, 6.45) is 0. The van der Waals surface area contributed by atoms with Crippen molar-refractivity contribution >= 4 is 34.8 Å². The molecule has 2 aromatic carbocycles. The van der Waals surface area contributed by atoms with Gasteiger partial charge in [0, 0.05) is 35.1 Å². The molecule has 0 aliphatic carbocycles. The molecule has 0 aromatic heterocycles. The first-order valence-corrected chi connectivity index (χ1v) is 9.54. The van der Waals surface area contributed by atoms with Gasteiger partial charge in [0.1, 0.15) is 6.04 Å². The van der Waals surface area contributed by atoms with Crippen molar-refractivity contribution in [1.82, 2.24) is 0 Å². The molecule has 0 saturated heterocycles. The molecule has 2 unspecified atom stereocenters. The summed E-state index contributed by atoms with van der Waals surface area (Å²) in [5, 5.41) is 2.82. The van der Waals surface area contributed by atoms with E-state index in [2.05, 4.69) is 5.32 Å². The lowest BCUT2D eigenvalue weighted by Gasteiger charge is -2.13. The topological polar surface area (TPSA) is 81.4 Å². The van der Waals surface area contributed by atoms with Gasteiger partial charge in [0.2, 0.25) is 5.91 Å². The molecule has 2 aromatic rings. The lowest BCUT2D eigenvalue weighted by molar-refractivity contribution is -0.117. The Bertz CT molecular complexity index is 738. The third-order valence-electron chi connectivity index (χ3n) is 3.76. The molecule has 7 heteroatoms. The van der Waals surface area contributed by atoms with Crippen molar-refractivity contribution in [3.8, 4) is 0 Å². The summed E-state index contributed by atoms with van der Waals surface area (Å²) in [6.45, 7) is 2.45. The number of rotatable bonds is 8. The van der Waals surface area contributed by atoms with Crippen LogP contribution in [0, 0.1) is 6.92 Å². The highest BCUT2D eigenvalue weighted by atomic mass is 35.5. The average Bonchev–Trinajstić information content (AvgIpc) is 2.60. The van der Waals surface area contributed by atoms with E-state index in [4.69, 9.17) is 10.5 Å². The third kappa shape index (κ3) is 6.88. The van der Waals surface area contributed by atoms with Crippen LogP contribution in [0.5, 0.6) is 0 Å². The van der Waals surface area contributed by atoms with Crippen LogP contribution in [0.4, 0.5) is 5.69 Å². The lowest BCUT2D eigenvalue weighted by Crippen LogP contribution is -2.27. The standard InChI is InChI=1S/C19H24N2O3S.ClH/c1-14-6-8-16(9-7-14)18(20)19(22)21-17-5-3-4-15(12-17)13-25(23)11-10-24-2;/h3-9,12,18H,10-11,13,20H2,1-2H3,(H,21,22);1H. The number of hydrogen-bond donors (Lipinski definition) is 2. The fourth-order valence-electron chi connectivity index (χ4n) is 2.32. The van der Waals surface area contributed by atoms with E-state index < -0.39 is 16.8 Å². The highest BCUT2D eigenvalue weighted by molar-refractivity contribution is 7.84. The molecule has 0 fully saturated rings. The minimum atomic E-state index is -0.995. The van der Waals surface area contributed by atoms with Crippen LogP contribution in [-0.4, -0.2) is 29.6 Å². The molecule has 0 aliphatic heterocycles. The summed E-state index contributed by atoms with van der Waals surface area (Å²) < 4.78 is 16.9. The van der Waals surface area contributed by atoms with Crippen molar-refractivity contribution in [2.45, 2.75) is 18.7 Å². The Kier molecular flexibility index (Phi) is 9.51. The van der Waals surface area contributed by atoms with Gasteiger partial charge in [0.05, 0.1) is 6.61 Å². The minimum absolute atomic E-state index is 0. The number of benzene rings is 2. The Hall–Kier alpha value is -1.73. The van der Waals surface area contributed by atoms with Gasteiger partial charge in [-0.05, 0) is 30.2 Å². The number of amides is 1. The van der Waals surface area contributed by atoms with Crippen molar-refractivity contribution in [2.75, 3.05) is 24.8 Å². The van der Waals surface area contributed by atoms with E-state index in [-0.39, 0.29) is 18.3 Å². The zero-order valence-electron chi connectivity index (χ0n) is 14.9. The number of hydrogen-bond acceptors (Lipinski definition) is 4. The predicted molar refractivity (Wildman–Crippen MR) is 109 cm³/mol. The fraction of sp³-hybridized carbons (Fsp3) is 0.316. The molecule has 0 aliphatic rings. The van der Waals surface area contributed by atoms with Crippen LogP contribution in [0.2, 0.25) is 0 Å². The van der Waals surface area contributed by atoms with Gasteiger partial charge in [-0.15, -0.1) is 12.4 Å². The maximum absolute atomic E-state index is 12.4. The van der Waals surface area contributed by atoms with E-state index in [1.54, 1.807) is 13.2 Å². The molecule has 142 valence electrons. The van der Waals surface area contributed by atoms with Gasteiger partial charge >= 0.3 is 0 Å². The van der Waals surface area contributed by atoms with E-state index in [1.165, 1.54) is 0 Å². The van der Waals surface area contributed by atoms with Crippen molar-refractivity contribution < 1.29 is 13.7 Å². The summed E-state index contributed by atoms with van der Waals surface area (Å²) in [7, 11) is 0.593. The maximum atomic E-state index is 12.4. The predicted octanol–water partition coefficient (Wildman–Crippen LogP) is 2.95. The highest BCUT2D eigenvalue weighted by Crippen LogP contribution is 2.17. The second kappa shape index (κ2) is 11.1. The zero-order chi connectivity index (χ0) is 18.2. The number of ether oxygens (including phenoxy) is 1. The summed E-state index contributed by atoms with van der Waals surface area (Å²) in [5.74, 6) is 0.643. The van der Waals surface area contributed by atoms with Crippen LogP contribution in [0.3, 0.4) is 0 Å². The van der Waals surface area contributed by atoms with Crippen molar-refractivity contribution in [2.24, 2.45) is 5.73 Å². The monoisotopic (exact) mass is 396 g/mol. The molecule has 1 amide bonds. The molecule has 5 nitrogen and oxygen atoms in total. The van der Waals surface area contributed by atoms with Crippen LogP contribution in [-0.2, 0) is 26.1 Å². The van der Waals surface area contributed by atoms with E-state index >= 15 is 0 Å². The maximum Gasteiger partial charge on any atom is 0.245 e. The largest absolute Gasteiger partial charge is 0.384 e. The Morgan fingerprint density at radius 2 is 1.92 bits per heavy atom. The Morgan fingerprint density at radius 1 is 1.23 bits per heavy atom. The number of methoxy groups -OCH3 is 1. The van der Waals surface area contributed by atoms with Gasteiger partial charge < -0.3 is 15.8 Å². The summed E-state index contributed by atoms with van der Waals surface area (Å²) in [6, 6.07) is 14.2. The highest BCUT2D eigenvalue weighted by Gasteiger charge is 2.16. The van der Waals surface area contributed by atoms with Crippen molar-refractivity contribution in [3.05, 3.63) is 65.2 Å². The molecule has 0 heterocycles. The van der Waals surface area contributed by atoms with Crippen LogP contribution < -0.4 is 11.1 Å². The Balaban J connectivity index is 0.00000338. The van der Waals surface area contributed by atoms with Crippen molar-refractivity contribution in [3.63, 3.8) is 0 Å². The average molecular weight is 397 g/mol. The molecular weight excluding hydrogens is 372 g/mol. The molecule has 0 saturated carbocycles. The first kappa shape index (κ1) is 22.3. The number of carbonyl (C=O) groups is 1. The van der Waals surface area contributed by atoms with Gasteiger partial charge in [-0.3, -0.25) is 9.00 Å². The van der Waals surface area contributed by atoms with E-state index in [1.807, 2.05) is 49.4 Å². The number of aryl methyl sites for hydroxylation is 1. The summed E-state index contributed by atoms with van der Waals surface area (Å²) >= 11 is 0. The SMILES string of the molecule is COCCS(=O)Cc1cccc(NC(=O)C(N)c2ccc(C)cc2)c1.Cl. The number of nitrogens with two attached hydrogens (primary N) is 1. The normalized spacial score (nSPS) is 12.7.